The Bertz CT molecular complexity index is 179. The lowest BCUT2D eigenvalue weighted by atomic mass is 9.97. The van der Waals surface area contributed by atoms with Crippen LogP contribution >= 0.6 is 0 Å². The summed E-state index contributed by atoms with van der Waals surface area (Å²) in [6.07, 6.45) is -0.579. The quantitative estimate of drug-likeness (QED) is 0.496. The number of amides is 1. The summed E-state index contributed by atoms with van der Waals surface area (Å²) in [5.41, 5.74) is 2.74. The fourth-order valence-electron chi connectivity index (χ4n) is 0.640. The van der Waals surface area contributed by atoms with E-state index in [1.54, 1.807) is 0 Å². The Kier molecular flexibility index (Phi) is 3.00. The average Bonchev–Trinajstić information content (AvgIpc) is 1.86. The number of carboxylic acids is 1. The molecule has 0 aromatic heterocycles. The number of rotatable bonds is 4. The lowest BCUT2D eigenvalue weighted by Gasteiger charge is -2.18. The number of hydrogen-bond acceptors (Lipinski definition) is 3. The van der Waals surface area contributed by atoms with Gasteiger partial charge in [-0.05, 0) is 6.42 Å². The first-order valence-corrected chi connectivity index (χ1v) is 3.16. The monoisotopic (exact) mass is 161 g/mol. The molecule has 0 fully saturated rings. The van der Waals surface area contributed by atoms with E-state index in [1.807, 2.05) is 0 Å². The molecule has 0 aromatic carbocycles. The van der Waals surface area contributed by atoms with Crippen molar-refractivity contribution in [1.29, 1.82) is 0 Å². The molecule has 0 aromatic rings. The predicted molar refractivity (Wildman–Crippen MR) is 36.7 cm³/mol. The van der Waals surface area contributed by atoms with Crippen molar-refractivity contribution in [2.24, 2.45) is 5.73 Å². The van der Waals surface area contributed by atoms with Crippen LogP contribution in [0.5, 0.6) is 0 Å². The first-order chi connectivity index (χ1) is 4.92. The molecule has 5 heteroatoms. The van der Waals surface area contributed by atoms with Crippen LogP contribution in [0.2, 0.25) is 0 Å². The van der Waals surface area contributed by atoms with Crippen molar-refractivity contribution in [3.8, 4) is 0 Å². The van der Waals surface area contributed by atoms with Crippen molar-refractivity contribution >= 4 is 11.9 Å². The van der Waals surface area contributed by atoms with E-state index in [0.29, 0.717) is 0 Å². The number of primary amides is 1. The Morgan fingerprint density at radius 2 is 2.00 bits per heavy atom. The smallest absolute Gasteiger partial charge is 0.336 e. The van der Waals surface area contributed by atoms with E-state index in [1.165, 1.54) is 6.92 Å². The Morgan fingerprint density at radius 3 is 2.09 bits per heavy atom. The van der Waals surface area contributed by atoms with Gasteiger partial charge in [0.1, 0.15) is 0 Å². The highest BCUT2D eigenvalue weighted by atomic mass is 16.4. The van der Waals surface area contributed by atoms with Gasteiger partial charge in [0, 0.05) is 0 Å². The van der Waals surface area contributed by atoms with Crippen LogP contribution in [0.3, 0.4) is 0 Å². The van der Waals surface area contributed by atoms with Crippen LogP contribution in [0.25, 0.3) is 0 Å². The highest BCUT2D eigenvalue weighted by Gasteiger charge is 2.35. The number of hydrogen-bond donors (Lipinski definition) is 3. The molecule has 0 aliphatic heterocycles. The molecular formula is C6H11NO4. The molecule has 0 bridgehead atoms. The summed E-state index contributed by atoms with van der Waals surface area (Å²) in [7, 11) is 0. The van der Waals surface area contributed by atoms with Crippen molar-refractivity contribution in [3.63, 3.8) is 0 Å². The second-order valence-corrected chi connectivity index (χ2v) is 2.33. The fourth-order valence-corrected chi connectivity index (χ4v) is 0.640. The summed E-state index contributed by atoms with van der Waals surface area (Å²) in [6.45, 7) is 1.47. The van der Waals surface area contributed by atoms with Crippen molar-refractivity contribution in [2.45, 2.75) is 25.4 Å². The molecule has 1 unspecified atom stereocenters. The molecule has 0 saturated heterocycles. The number of carboxylic acid groups (broad SMARTS) is 1. The van der Waals surface area contributed by atoms with E-state index in [4.69, 9.17) is 15.9 Å². The molecule has 1 amide bonds. The number of aliphatic hydroxyl groups is 1. The highest BCUT2D eigenvalue weighted by Crippen LogP contribution is 2.14. The van der Waals surface area contributed by atoms with Crippen LogP contribution < -0.4 is 5.73 Å². The van der Waals surface area contributed by atoms with E-state index in [-0.39, 0.29) is 6.42 Å². The van der Waals surface area contributed by atoms with Gasteiger partial charge < -0.3 is 15.9 Å². The first kappa shape index (κ1) is 9.90. The van der Waals surface area contributed by atoms with E-state index < -0.39 is 23.9 Å². The minimum Gasteiger partial charge on any atom is -0.479 e. The Balaban J connectivity index is 4.34. The molecule has 0 aliphatic rings. The molecule has 1 atom stereocenters. The molecule has 0 spiro atoms. The molecule has 11 heavy (non-hydrogen) atoms. The Labute approximate surface area is 63.8 Å². The zero-order valence-corrected chi connectivity index (χ0v) is 6.20. The highest BCUT2D eigenvalue weighted by molar-refractivity contribution is 5.85. The zero-order chi connectivity index (χ0) is 9.07. The Morgan fingerprint density at radius 1 is 1.55 bits per heavy atom. The zero-order valence-electron chi connectivity index (χ0n) is 6.20. The van der Waals surface area contributed by atoms with Crippen LogP contribution in [-0.2, 0) is 9.59 Å². The van der Waals surface area contributed by atoms with Crippen molar-refractivity contribution in [3.05, 3.63) is 0 Å². The van der Waals surface area contributed by atoms with Crippen molar-refractivity contribution in [1.82, 2.24) is 0 Å². The maximum atomic E-state index is 10.3. The summed E-state index contributed by atoms with van der Waals surface area (Å²) in [4.78, 5) is 20.6. The maximum absolute atomic E-state index is 10.3. The third-order valence-corrected chi connectivity index (χ3v) is 1.45. The summed E-state index contributed by atoms with van der Waals surface area (Å²) in [5, 5.41) is 17.6. The normalized spacial score (nSPS) is 15.5. The van der Waals surface area contributed by atoms with Crippen LogP contribution in [0.1, 0.15) is 19.8 Å². The van der Waals surface area contributed by atoms with Crippen LogP contribution in [0.4, 0.5) is 0 Å². The van der Waals surface area contributed by atoms with Crippen LogP contribution in [0.15, 0.2) is 0 Å². The minimum absolute atomic E-state index is 0.0364. The fraction of sp³-hybridized carbons (Fsp3) is 0.667. The van der Waals surface area contributed by atoms with Gasteiger partial charge in [-0.1, -0.05) is 6.92 Å². The van der Waals surface area contributed by atoms with Gasteiger partial charge in [0.15, 0.2) is 5.60 Å². The summed E-state index contributed by atoms with van der Waals surface area (Å²) >= 11 is 0. The molecule has 0 heterocycles. The summed E-state index contributed by atoms with van der Waals surface area (Å²) < 4.78 is 0. The molecule has 64 valence electrons. The van der Waals surface area contributed by atoms with Gasteiger partial charge >= 0.3 is 5.97 Å². The van der Waals surface area contributed by atoms with Gasteiger partial charge in [-0.25, -0.2) is 4.79 Å². The van der Waals surface area contributed by atoms with E-state index >= 15 is 0 Å². The summed E-state index contributed by atoms with van der Waals surface area (Å²) in [5.74, 6) is -2.24. The second-order valence-electron chi connectivity index (χ2n) is 2.33. The maximum Gasteiger partial charge on any atom is 0.336 e. The van der Waals surface area contributed by atoms with Crippen molar-refractivity contribution in [2.75, 3.05) is 0 Å². The number of nitrogens with two attached hydrogens (primary N) is 1. The molecule has 0 aliphatic carbocycles. The molecule has 0 saturated carbocycles. The Hall–Kier alpha value is -1.10. The molecule has 0 rings (SSSR count). The summed E-state index contributed by atoms with van der Waals surface area (Å²) in [6, 6.07) is 0. The number of carbonyl (C=O) groups is 2. The lowest BCUT2D eigenvalue weighted by molar-refractivity contribution is -0.161. The molecule has 4 N–H and O–H groups in total. The topological polar surface area (TPSA) is 101 Å². The third kappa shape index (κ3) is 2.55. The van der Waals surface area contributed by atoms with Crippen molar-refractivity contribution < 1.29 is 19.8 Å². The van der Waals surface area contributed by atoms with Gasteiger partial charge in [0.2, 0.25) is 5.91 Å². The largest absolute Gasteiger partial charge is 0.479 e. The average molecular weight is 161 g/mol. The van der Waals surface area contributed by atoms with E-state index in [9.17, 15) is 9.59 Å². The van der Waals surface area contributed by atoms with Gasteiger partial charge in [-0.2, -0.15) is 0 Å². The SMILES string of the molecule is CCC(O)(CC(N)=O)C(=O)O. The lowest BCUT2D eigenvalue weighted by Crippen LogP contribution is -2.41. The third-order valence-electron chi connectivity index (χ3n) is 1.45. The van der Waals surface area contributed by atoms with Gasteiger partial charge in [-0.15, -0.1) is 0 Å². The van der Waals surface area contributed by atoms with Gasteiger partial charge in [0.05, 0.1) is 6.42 Å². The van der Waals surface area contributed by atoms with Crippen LogP contribution in [-0.4, -0.2) is 27.7 Å². The minimum atomic E-state index is -1.99. The molecular weight excluding hydrogens is 150 g/mol. The second kappa shape index (κ2) is 3.34. The molecule has 0 radical (unpaired) electrons. The van der Waals surface area contributed by atoms with Crippen LogP contribution in [0, 0.1) is 0 Å². The number of carbonyl (C=O) groups excluding carboxylic acids is 1. The van der Waals surface area contributed by atoms with Gasteiger partial charge in [0.25, 0.3) is 0 Å². The number of aliphatic carboxylic acids is 1. The standard InChI is InChI=1S/C6H11NO4/c1-2-6(11,5(9)10)3-4(7)8/h11H,2-3H2,1H3,(H2,7,8)(H,9,10). The van der Waals surface area contributed by atoms with E-state index in [0.717, 1.165) is 0 Å². The first-order valence-electron chi connectivity index (χ1n) is 3.16. The predicted octanol–water partition coefficient (Wildman–Crippen LogP) is -0.913. The van der Waals surface area contributed by atoms with E-state index in [2.05, 4.69) is 0 Å². The van der Waals surface area contributed by atoms with Gasteiger partial charge in [-0.3, -0.25) is 4.79 Å². The molecule has 5 nitrogen and oxygen atoms in total.